The van der Waals surface area contributed by atoms with Crippen LogP contribution >= 0.6 is 0 Å². The lowest BCUT2D eigenvalue weighted by Crippen LogP contribution is -2.21. The van der Waals surface area contributed by atoms with Crippen molar-refractivity contribution in [3.05, 3.63) is 22.2 Å². The Morgan fingerprint density at radius 3 is 2.88 bits per heavy atom. The Kier molecular flexibility index (Phi) is 4.22. The van der Waals surface area contributed by atoms with E-state index in [0.29, 0.717) is 18.8 Å². The van der Waals surface area contributed by atoms with Gasteiger partial charge < -0.3 is 10.2 Å². The maximum Gasteiger partial charge on any atom is 0.311 e. The molecule has 0 saturated heterocycles. The van der Waals surface area contributed by atoms with Gasteiger partial charge in [-0.25, -0.2) is 4.98 Å². The van der Waals surface area contributed by atoms with E-state index < -0.39 is 4.92 Å². The number of nitrogens with zero attached hydrogens (tertiary/aromatic N) is 4. The summed E-state index contributed by atoms with van der Waals surface area (Å²) < 4.78 is 0. The minimum absolute atomic E-state index is 0.0653. The maximum atomic E-state index is 10.9. The summed E-state index contributed by atoms with van der Waals surface area (Å²) in [6.45, 7) is 0.400. The van der Waals surface area contributed by atoms with Crippen molar-refractivity contribution in [2.24, 2.45) is 0 Å². The van der Waals surface area contributed by atoms with E-state index in [9.17, 15) is 10.1 Å². The highest BCUT2D eigenvalue weighted by Gasteiger charge is 2.19. The lowest BCUT2D eigenvalue weighted by Gasteiger charge is -2.16. The Bertz CT molecular complexity index is 454. The van der Waals surface area contributed by atoms with Crippen LogP contribution in [0.15, 0.2) is 12.1 Å². The van der Waals surface area contributed by atoms with Crippen molar-refractivity contribution in [1.82, 2.24) is 4.98 Å². The van der Waals surface area contributed by atoms with Crippen molar-refractivity contribution in [2.75, 3.05) is 30.9 Å². The third-order valence-corrected chi connectivity index (χ3v) is 2.23. The van der Waals surface area contributed by atoms with Gasteiger partial charge in [0.2, 0.25) is 5.82 Å². The Morgan fingerprint density at radius 2 is 2.35 bits per heavy atom. The molecule has 0 atom stereocenters. The summed E-state index contributed by atoms with van der Waals surface area (Å²) in [7, 11) is 3.36. The zero-order valence-electron chi connectivity index (χ0n) is 9.67. The molecule has 0 aliphatic rings. The first kappa shape index (κ1) is 12.7. The monoisotopic (exact) mass is 235 g/mol. The van der Waals surface area contributed by atoms with Gasteiger partial charge in [0.05, 0.1) is 17.4 Å². The predicted octanol–water partition coefficient (Wildman–Crippen LogP) is 1.38. The molecule has 7 nitrogen and oxygen atoms in total. The lowest BCUT2D eigenvalue weighted by molar-refractivity contribution is -0.384. The molecule has 1 heterocycles. The van der Waals surface area contributed by atoms with Gasteiger partial charge >= 0.3 is 5.69 Å². The minimum atomic E-state index is -0.482. The fourth-order valence-electron chi connectivity index (χ4n) is 1.33. The summed E-state index contributed by atoms with van der Waals surface area (Å²) in [5.74, 6) is 0.812. The van der Waals surface area contributed by atoms with Crippen LogP contribution in [0, 0.1) is 21.4 Å². The number of pyridine rings is 1. The Balaban J connectivity index is 3.08. The third-order valence-electron chi connectivity index (χ3n) is 2.23. The van der Waals surface area contributed by atoms with E-state index in [1.165, 1.54) is 6.07 Å². The quantitative estimate of drug-likeness (QED) is 0.612. The van der Waals surface area contributed by atoms with Crippen LogP contribution in [0.2, 0.25) is 0 Å². The van der Waals surface area contributed by atoms with E-state index in [0.717, 1.165) is 0 Å². The molecular weight excluding hydrogens is 222 g/mol. The highest BCUT2D eigenvalue weighted by molar-refractivity contribution is 5.61. The first-order valence-electron chi connectivity index (χ1n) is 5.01. The smallest absolute Gasteiger partial charge is 0.311 e. The molecule has 1 rings (SSSR count). The first-order valence-corrected chi connectivity index (χ1v) is 5.01. The fraction of sp³-hybridized carbons (Fsp3) is 0.400. The van der Waals surface area contributed by atoms with Crippen molar-refractivity contribution in [3.8, 4) is 6.07 Å². The van der Waals surface area contributed by atoms with Crippen LogP contribution in [0.4, 0.5) is 17.3 Å². The molecular formula is C10H13N5O2. The maximum absolute atomic E-state index is 10.9. The molecule has 0 aromatic carbocycles. The number of hydrogen-bond acceptors (Lipinski definition) is 6. The second kappa shape index (κ2) is 5.65. The van der Waals surface area contributed by atoms with Gasteiger partial charge in [-0.15, -0.1) is 0 Å². The molecule has 17 heavy (non-hydrogen) atoms. The van der Waals surface area contributed by atoms with E-state index >= 15 is 0 Å². The number of hydrogen-bond donors (Lipinski definition) is 1. The molecule has 0 aliphatic carbocycles. The second-order valence-electron chi connectivity index (χ2n) is 3.38. The van der Waals surface area contributed by atoms with Crippen LogP contribution in [-0.2, 0) is 0 Å². The standard InChI is InChI=1S/C10H13N5O2/c1-12-9-5-4-8(15(16)17)10(13-9)14(2)7-3-6-11/h4-5H,3,7H2,1-2H3,(H,12,13). The van der Waals surface area contributed by atoms with Crippen molar-refractivity contribution in [2.45, 2.75) is 6.42 Å². The SMILES string of the molecule is CNc1ccc([N+](=O)[O-])c(N(C)CCC#N)n1. The number of nitriles is 1. The molecule has 7 heteroatoms. The van der Waals surface area contributed by atoms with Crippen LogP contribution in [0.5, 0.6) is 0 Å². The summed E-state index contributed by atoms with van der Waals surface area (Å²) in [5.41, 5.74) is -0.0653. The molecule has 0 bridgehead atoms. The van der Waals surface area contributed by atoms with Gasteiger partial charge in [-0.2, -0.15) is 5.26 Å². The number of rotatable bonds is 5. The molecule has 0 amide bonds. The molecule has 1 aromatic heterocycles. The van der Waals surface area contributed by atoms with E-state index in [1.807, 2.05) is 6.07 Å². The highest BCUT2D eigenvalue weighted by atomic mass is 16.6. The fourth-order valence-corrected chi connectivity index (χ4v) is 1.33. The molecule has 0 radical (unpaired) electrons. The van der Waals surface area contributed by atoms with E-state index in [1.54, 1.807) is 25.1 Å². The molecule has 0 aliphatic heterocycles. The van der Waals surface area contributed by atoms with Crippen molar-refractivity contribution in [3.63, 3.8) is 0 Å². The molecule has 0 saturated carbocycles. The van der Waals surface area contributed by atoms with Gasteiger partial charge in [-0.3, -0.25) is 10.1 Å². The summed E-state index contributed by atoms with van der Waals surface area (Å²) in [4.78, 5) is 16.1. The average Bonchev–Trinajstić information content (AvgIpc) is 2.34. The summed E-state index contributed by atoms with van der Waals surface area (Å²) in [5, 5.41) is 22.2. The van der Waals surface area contributed by atoms with Crippen molar-refractivity contribution in [1.29, 1.82) is 5.26 Å². The van der Waals surface area contributed by atoms with Crippen molar-refractivity contribution >= 4 is 17.3 Å². The van der Waals surface area contributed by atoms with E-state index in [2.05, 4.69) is 10.3 Å². The van der Waals surface area contributed by atoms with Gasteiger partial charge in [0.15, 0.2) is 0 Å². The summed E-state index contributed by atoms with van der Waals surface area (Å²) in [6, 6.07) is 4.93. The topological polar surface area (TPSA) is 95.1 Å². The molecule has 1 aromatic rings. The molecule has 0 unspecified atom stereocenters. The van der Waals surface area contributed by atoms with E-state index in [4.69, 9.17) is 5.26 Å². The number of anilines is 2. The largest absolute Gasteiger partial charge is 0.373 e. The summed E-state index contributed by atoms with van der Waals surface area (Å²) in [6.07, 6.45) is 0.291. The first-order chi connectivity index (χ1) is 8.10. The molecule has 0 spiro atoms. The zero-order valence-corrected chi connectivity index (χ0v) is 9.67. The zero-order chi connectivity index (χ0) is 12.8. The minimum Gasteiger partial charge on any atom is -0.373 e. The van der Waals surface area contributed by atoms with Gasteiger partial charge in [-0.05, 0) is 6.07 Å². The predicted molar refractivity (Wildman–Crippen MR) is 63.9 cm³/mol. The van der Waals surface area contributed by atoms with E-state index in [-0.39, 0.29) is 11.5 Å². The van der Waals surface area contributed by atoms with Crippen molar-refractivity contribution < 1.29 is 4.92 Å². The molecule has 90 valence electrons. The highest BCUT2D eigenvalue weighted by Crippen LogP contribution is 2.26. The van der Waals surface area contributed by atoms with Crippen LogP contribution in [0.3, 0.4) is 0 Å². The van der Waals surface area contributed by atoms with Crippen LogP contribution in [-0.4, -0.2) is 30.5 Å². The number of nitrogens with one attached hydrogen (secondary N) is 1. The van der Waals surface area contributed by atoms with Crippen LogP contribution in [0.1, 0.15) is 6.42 Å². The van der Waals surface area contributed by atoms with Gasteiger partial charge in [0.1, 0.15) is 5.82 Å². The average molecular weight is 235 g/mol. The summed E-state index contributed by atoms with van der Waals surface area (Å²) >= 11 is 0. The van der Waals surface area contributed by atoms with Crippen LogP contribution < -0.4 is 10.2 Å². The number of nitro groups is 1. The normalized spacial score (nSPS) is 9.47. The van der Waals surface area contributed by atoms with Gasteiger partial charge in [0.25, 0.3) is 0 Å². The lowest BCUT2D eigenvalue weighted by atomic mass is 10.3. The van der Waals surface area contributed by atoms with Gasteiger partial charge in [0, 0.05) is 26.7 Å². The Labute approximate surface area is 98.8 Å². The molecule has 1 N–H and O–H groups in total. The molecule has 0 fully saturated rings. The third kappa shape index (κ3) is 3.04. The number of aromatic nitrogens is 1. The Hall–Kier alpha value is -2.36. The Morgan fingerprint density at radius 1 is 1.65 bits per heavy atom. The van der Waals surface area contributed by atoms with Crippen LogP contribution in [0.25, 0.3) is 0 Å². The van der Waals surface area contributed by atoms with Gasteiger partial charge in [-0.1, -0.05) is 0 Å². The second-order valence-corrected chi connectivity index (χ2v) is 3.38.